The number of rotatable bonds is 8. The van der Waals surface area contributed by atoms with Crippen LogP contribution in [0.5, 0.6) is 0 Å². The molecule has 0 saturated carbocycles. The highest BCUT2D eigenvalue weighted by molar-refractivity contribution is 8.00. The number of esters is 1. The number of benzene rings is 2. The third kappa shape index (κ3) is 6.62. The normalized spacial score (nSPS) is 13.7. The molecule has 1 aliphatic carbocycles. The number of ether oxygens (including phenoxy) is 1. The maximum Gasteiger partial charge on any atom is 0.341 e. The van der Waals surface area contributed by atoms with Crippen LogP contribution in [0.15, 0.2) is 53.4 Å². The Kier molecular flexibility index (Phi) is 9.05. The molecule has 0 fully saturated rings. The van der Waals surface area contributed by atoms with Gasteiger partial charge in [-0.2, -0.15) is 0 Å². The van der Waals surface area contributed by atoms with Gasteiger partial charge in [0, 0.05) is 21.0 Å². The lowest BCUT2D eigenvalue weighted by atomic mass is 10.1. The minimum Gasteiger partial charge on any atom is -0.465 e. The molecular formula is C29H32N2O4S2. The molecular weight excluding hydrogens is 504 g/mol. The summed E-state index contributed by atoms with van der Waals surface area (Å²) in [4.78, 5) is 40.7. The molecule has 2 amide bonds. The summed E-state index contributed by atoms with van der Waals surface area (Å²) in [5.74, 6) is -0.723. The average Bonchev–Trinajstić information content (AvgIpc) is 3.06. The summed E-state index contributed by atoms with van der Waals surface area (Å²) in [7, 11) is 1.38. The van der Waals surface area contributed by atoms with Gasteiger partial charge in [0.15, 0.2) is 0 Å². The molecule has 0 radical (unpaired) electrons. The summed E-state index contributed by atoms with van der Waals surface area (Å²) >= 11 is 2.94. The van der Waals surface area contributed by atoms with Crippen LogP contribution in [0, 0.1) is 6.92 Å². The Morgan fingerprint density at radius 1 is 1.03 bits per heavy atom. The zero-order valence-corrected chi connectivity index (χ0v) is 23.0. The molecule has 1 aliphatic rings. The molecule has 194 valence electrons. The van der Waals surface area contributed by atoms with Gasteiger partial charge in [-0.25, -0.2) is 4.79 Å². The number of fused-ring (bicyclic) bond motifs is 1. The van der Waals surface area contributed by atoms with Crippen molar-refractivity contribution >= 4 is 51.6 Å². The molecule has 4 rings (SSSR count). The lowest BCUT2D eigenvalue weighted by Gasteiger charge is -2.16. The van der Waals surface area contributed by atoms with Gasteiger partial charge in [-0.15, -0.1) is 23.1 Å². The molecule has 1 aromatic heterocycles. The van der Waals surface area contributed by atoms with Crippen LogP contribution in [-0.2, 0) is 22.4 Å². The summed E-state index contributed by atoms with van der Waals surface area (Å²) in [6.07, 6.45) is 5.63. The standard InChI is InChI=1S/C29H32N2O4S2/c1-4-23(27(33)31-28-25(29(34)35-3)22-14-6-5-7-15-24(22)37-28)36-21-13-9-12-20(17-21)30-26(32)19-11-8-10-18(2)16-19/h8-13,16-17,23H,4-7,14-15H2,1-3H3,(H,30,32)(H,31,33). The van der Waals surface area contributed by atoms with Crippen LogP contribution < -0.4 is 10.6 Å². The van der Waals surface area contributed by atoms with Crippen LogP contribution in [0.1, 0.15) is 69.3 Å². The van der Waals surface area contributed by atoms with Crippen LogP contribution >= 0.6 is 23.1 Å². The van der Waals surface area contributed by atoms with Crippen LogP contribution in [0.4, 0.5) is 10.7 Å². The summed E-state index contributed by atoms with van der Waals surface area (Å²) in [5.41, 5.74) is 3.83. The van der Waals surface area contributed by atoms with E-state index >= 15 is 0 Å². The lowest BCUT2D eigenvalue weighted by Crippen LogP contribution is -2.25. The highest BCUT2D eigenvalue weighted by Crippen LogP contribution is 2.39. The van der Waals surface area contributed by atoms with Crippen LogP contribution in [0.2, 0.25) is 0 Å². The first-order valence-electron chi connectivity index (χ1n) is 12.6. The molecule has 0 bridgehead atoms. The number of carbonyl (C=O) groups is 3. The minimum atomic E-state index is -0.396. The maximum absolute atomic E-state index is 13.3. The fourth-order valence-electron chi connectivity index (χ4n) is 4.46. The minimum absolute atomic E-state index is 0.150. The van der Waals surface area contributed by atoms with E-state index in [1.165, 1.54) is 35.1 Å². The molecule has 3 aromatic rings. The van der Waals surface area contributed by atoms with Crippen molar-refractivity contribution < 1.29 is 19.1 Å². The van der Waals surface area contributed by atoms with Gasteiger partial charge < -0.3 is 15.4 Å². The van der Waals surface area contributed by atoms with E-state index in [9.17, 15) is 14.4 Å². The van der Waals surface area contributed by atoms with Gasteiger partial charge in [-0.05, 0) is 74.9 Å². The first-order valence-corrected chi connectivity index (χ1v) is 14.3. The van der Waals surface area contributed by atoms with Crippen molar-refractivity contribution in [1.82, 2.24) is 0 Å². The fourth-order valence-corrected chi connectivity index (χ4v) is 6.76. The Morgan fingerprint density at radius 2 is 1.81 bits per heavy atom. The molecule has 1 heterocycles. The van der Waals surface area contributed by atoms with E-state index in [4.69, 9.17) is 4.74 Å². The highest BCUT2D eigenvalue weighted by atomic mass is 32.2. The summed E-state index contributed by atoms with van der Waals surface area (Å²) in [5, 5.41) is 6.20. The van der Waals surface area contributed by atoms with E-state index in [1.54, 1.807) is 6.07 Å². The molecule has 0 aliphatic heterocycles. The van der Waals surface area contributed by atoms with E-state index in [0.29, 0.717) is 28.2 Å². The van der Waals surface area contributed by atoms with Gasteiger partial charge in [-0.3, -0.25) is 9.59 Å². The molecule has 2 N–H and O–H groups in total. The number of hydrogen-bond acceptors (Lipinski definition) is 6. The molecule has 0 spiro atoms. The second-order valence-electron chi connectivity index (χ2n) is 9.12. The highest BCUT2D eigenvalue weighted by Gasteiger charge is 2.28. The second-order valence-corrected chi connectivity index (χ2v) is 11.5. The first-order chi connectivity index (χ1) is 17.9. The molecule has 37 heavy (non-hydrogen) atoms. The summed E-state index contributed by atoms with van der Waals surface area (Å²) in [6, 6.07) is 14.9. The quantitative estimate of drug-likeness (QED) is 0.186. The monoisotopic (exact) mass is 536 g/mol. The number of thioether (sulfide) groups is 1. The Hall–Kier alpha value is -3.10. The zero-order chi connectivity index (χ0) is 26.4. The lowest BCUT2D eigenvalue weighted by molar-refractivity contribution is -0.115. The molecule has 0 saturated heterocycles. The number of carbonyl (C=O) groups excluding carboxylic acids is 3. The molecule has 1 unspecified atom stereocenters. The maximum atomic E-state index is 13.3. The number of aryl methyl sites for hydroxylation is 2. The Balaban J connectivity index is 1.48. The predicted octanol–water partition coefficient (Wildman–Crippen LogP) is 6.87. The van der Waals surface area contributed by atoms with Gasteiger partial charge in [-0.1, -0.05) is 37.1 Å². The van der Waals surface area contributed by atoms with Crippen molar-refractivity contribution in [3.05, 3.63) is 75.7 Å². The van der Waals surface area contributed by atoms with Gasteiger partial charge in [0.1, 0.15) is 5.00 Å². The molecule has 8 heteroatoms. The Labute approximate surface area is 226 Å². The van der Waals surface area contributed by atoms with E-state index in [2.05, 4.69) is 10.6 Å². The summed E-state index contributed by atoms with van der Waals surface area (Å²) < 4.78 is 5.07. The van der Waals surface area contributed by atoms with Crippen molar-refractivity contribution in [2.24, 2.45) is 0 Å². The predicted molar refractivity (Wildman–Crippen MR) is 151 cm³/mol. The number of anilines is 2. The van der Waals surface area contributed by atoms with E-state index in [0.717, 1.165) is 48.1 Å². The van der Waals surface area contributed by atoms with E-state index in [1.807, 2.05) is 56.3 Å². The SMILES string of the molecule is CCC(Sc1cccc(NC(=O)c2cccc(C)c2)c1)C(=O)Nc1sc2c(c1C(=O)OC)CCCCC2. The van der Waals surface area contributed by atoms with Crippen molar-refractivity contribution in [2.45, 2.75) is 62.5 Å². The Bertz CT molecular complexity index is 1300. The van der Waals surface area contributed by atoms with Crippen molar-refractivity contribution in [3.8, 4) is 0 Å². The van der Waals surface area contributed by atoms with E-state index < -0.39 is 5.97 Å². The molecule has 1 atom stereocenters. The number of hydrogen-bond donors (Lipinski definition) is 2. The largest absolute Gasteiger partial charge is 0.465 e. The number of nitrogens with one attached hydrogen (secondary N) is 2. The van der Waals surface area contributed by atoms with Crippen molar-refractivity contribution in [2.75, 3.05) is 17.7 Å². The van der Waals surface area contributed by atoms with E-state index in [-0.39, 0.29) is 17.1 Å². The summed E-state index contributed by atoms with van der Waals surface area (Å²) in [6.45, 7) is 3.91. The van der Waals surface area contributed by atoms with Gasteiger partial charge in [0.05, 0.1) is 17.9 Å². The van der Waals surface area contributed by atoms with Gasteiger partial charge >= 0.3 is 5.97 Å². The third-order valence-corrected chi connectivity index (χ3v) is 8.93. The molecule has 2 aromatic carbocycles. The first kappa shape index (κ1) is 26.9. The Morgan fingerprint density at radius 3 is 2.57 bits per heavy atom. The van der Waals surface area contributed by atoms with Crippen LogP contribution in [0.25, 0.3) is 0 Å². The van der Waals surface area contributed by atoms with Crippen LogP contribution in [0.3, 0.4) is 0 Å². The topological polar surface area (TPSA) is 84.5 Å². The fraction of sp³-hybridized carbons (Fsp3) is 0.345. The van der Waals surface area contributed by atoms with Crippen molar-refractivity contribution in [1.29, 1.82) is 0 Å². The van der Waals surface area contributed by atoms with Gasteiger partial charge in [0.2, 0.25) is 5.91 Å². The zero-order valence-electron chi connectivity index (χ0n) is 21.4. The number of thiophene rings is 1. The second kappa shape index (κ2) is 12.4. The average molecular weight is 537 g/mol. The van der Waals surface area contributed by atoms with Crippen molar-refractivity contribution in [3.63, 3.8) is 0 Å². The molecule has 6 nitrogen and oxygen atoms in total. The third-order valence-electron chi connectivity index (χ3n) is 6.36. The van der Waals surface area contributed by atoms with Gasteiger partial charge in [0.25, 0.3) is 5.91 Å². The number of amides is 2. The van der Waals surface area contributed by atoms with Crippen LogP contribution in [-0.4, -0.2) is 30.1 Å². The smallest absolute Gasteiger partial charge is 0.341 e. The number of methoxy groups -OCH3 is 1.